The molecule has 0 radical (unpaired) electrons. The molecule has 0 saturated heterocycles. The molecule has 3 heterocycles. The van der Waals surface area contributed by atoms with Gasteiger partial charge < -0.3 is 33.7 Å². The van der Waals surface area contributed by atoms with Crippen LogP contribution in [0.5, 0.6) is 28.7 Å². The smallest absolute Gasteiger partial charge is 0.203 e. The van der Waals surface area contributed by atoms with Gasteiger partial charge in [-0.25, -0.2) is 4.98 Å². The second-order valence-electron chi connectivity index (χ2n) is 8.69. The van der Waals surface area contributed by atoms with E-state index >= 15 is 0 Å². The Hall–Kier alpha value is -4.92. The van der Waals surface area contributed by atoms with Crippen molar-refractivity contribution in [1.82, 2.24) is 15.0 Å². The molecule has 0 bridgehead atoms. The van der Waals surface area contributed by atoms with Crippen molar-refractivity contribution in [3.05, 3.63) is 71.7 Å². The second kappa shape index (κ2) is 9.51. The number of benzene rings is 3. The SMILES string of the molecule is COc1cc(C(=O)/C(=C/c2c[nH]c3ccccc23)c2nc3cc4c(cc3[nH]2)OCCO4)cc(OC)c1OC. The van der Waals surface area contributed by atoms with Gasteiger partial charge >= 0.3 is 0 Å². The van der Waals surface area contributed by atoms with E-state index < -0.39 is 0 Å². The summed E-state index contributed by atoms with van der Waals surface area (Å²) < 4.78 is 27.9. The second-order valence-corrected chi connectivity index (χ2v) is 8.69. The Morgan fingerprint density at radius 3 is 2.34 bits per heavy atom. The highest BCUT2D eigenvalue weighted by Gasteiger charge is 2.24. The van der Waals surface area contributed by atoms with Gasteiger partial charge in [-0.2, -0.15) is 0 Å². The average molecular weight is 512 g/mol. The molecule has 0 saturated carbocycles. The first-order valence-corrected chi connectivity index (χ1v) is 12.0. The van der Waals surface area contributed by atoms with Crippen LogP contribution in [0.4, 0.5) is 0 Å². The number of imidazole rings is 1. The van der Waals surface area contributed by atoms with Crippen LogP contribution in [-0.2, 0) is 0 Å². The zero-order valence-electron chi connectivity index (χ0n) is 21.1. The summed E-state index contributed by atoms with van der Waals surface area (Å²) in [5.74, 6) is 2.57. The lowest BCUT2D eigenvalue weighted by atomic mass is 9.99. The quantitative estimate of drug-likeness (QED) is 0.227. The first kappa shape index (κ1) is 23.5. The van der Waals surface area contributed by atoms with E-state index in [0.717, 1.165) is 22.0 Å². The van der Waals surface area contributed by atoms with Crippen LogP contribution in [0.25, 0.3) is 33.6 Å². The van der Waals surface area contributed by atoms with Gasteiger partial charge in [-0.3, -0.25) is 4.79 Å². The molecule has 0 fully saturated rings. The van der Waals surface area contributed by atoms with Crippen LogP contribution in [0.3, 0.4) is 0 Å². The molecule has 2 N–H and O–H groups in total. The number of hydrogen-bond acceptors (Lipinski definition) is 7. The van der Waals surface area contributed by atoms with E-state index in [1.807, 2.05) is 48.7 Å². The van der Waals surface area contributed by atoms with Crippen molar-refractivity contribution in [2.45, 2.75) is 0 Å². The van der Waals surface area contributed by atoms with Gasteiger partial charge in [0.05, 0.1) is 37.9 Å². The number of aromatic amines is 2. The number of fused-ring (bicyclic) bond motifs is 3. The van der Waals surface area contributed by atoms with Gasteiger partial charge in [0.1, 0.15) is 19.0 Å². The monoisotopic (exact) mass is 511 g/mol. The fourth-order valence-electron chi connectivity index (χ4n) is 4.65. The van der Waals surface area contributed by atoms with E-state index in [4.69, 9.17) is 28.7 Å². The molecule has 9 heteroatoms. The normalized spacial score (nSPS) is 13.1. The molecule has 0 unspecified atom stereocenters. The Labute approximate surface area is 218 Å². The largest absolute Gasteiger partial charge is 0.493 e. The highest BCUT2D eigenvalue weighted by atomic mass is 16.6. The van der Waals surface area contributed by atoms with Crippen LogP contribution < -0.4 is 23.7 Å². The Bertz CT molecular complexity index is 1650. The van der Waals surface area contributed by atoms with E-state index in [2.05, 4.69) is 9.97 Å². The minimum atomic E-state index is -0.272. The molecule has 1 aliphatic rings. The maximum Gasteiger partial charge on any atom is 0.203 e. The van der Waals surface area contributed by atoms with Gasteiger partial charge in [-0.05, 0) is 24.3 Å². The molecule has 0 atom stereocenters. The molecule has 192 valence electrons. The third kappa shape index (κ3) is 3.98. The molecule has 0 aliphatic carbocycles. The molecular weight excluding hydrogens is 486 g/mol. The summed E-state index contributed by atoms with van der Waals surface area (Å²) in [7, 11) is 4.55. The van der Waals surface area contributed by atoms with Gasteiger partial charge in [0.2, 0.25) is 5.75 Å². The van der Waals surface area contributed by atoms with Crippen molar-refractivity contribution in [2.75, 3.05) is 34.5 Å². The van der Waals surface area contributed by atoms with Crippen molar-refractivity contribution < 1.29 is 28.5 Å². The van der Waals surface area contributed by atoms with Crippen molar-refractivity contribution in [3.63, 3.8) is 0 Å². The fourth-order valence-corrected chi connectivity index (χ4v) is 4.65. The minimum absolute atomic E-state index is 0.272. The Morgan fingerprint density at radius 1 is 0.921 bits per heavy atom. The molecule has 1 aliphatic heterocycles. The van der Waals surface area contributed by atoms with Gasteiger partial charge in [-0.15, -0.1) is 0 Å². The first-order chi connectivity index (χ1) is 18.6. The number of allylic oxidation sites excluding steroid dienone is 1. The third-order valence-electron chi connectivity index (χ3n) is 6.49. The van der Waals surface area contributed by atoms with E-state index in [1.54, 1.807) is 12.1 Å². The predicted molar refractivity (Wildman–Crippen MR) is 144 cm³/mol. The Morgan fingerprint density at radius 2 is 1.63 bits per heavy atom. The highest BCUT2D eigenvalue weighted by molar-refractivity contribution is 6.32. The summed E-state index contributed by atoms with van der Waals surface area (Å²) in [5, 5.41) is 0.982. The lowest BCUT2D eigenvalue weighted by Gasteiger charge is -2.17. The number of carbonyl (C=O) groups is 1. The number of Topliss-reactive ketones (excluding diaryl/α,β-unsaturated/α-hetero) is 1. The Balaban J connectivity index is 1.53. The Kier molecular flexibility index (Phi) is 5.88. The number of H-pyrrole nitrogens is 2. The first-order valence-electron chi connectivity index (χ1n) is 12.0. The fraction of sp³-hybridized carbons (Fsp3) is 0.172. The lowest BCUT2D eigenvalue weighted by Crippen LogP contribution is -2.15. The summed E-state index contributed by atoms with van der Waals surface area (Å²) in [5.41, 5.74) is 3.92. The van der Waals surface area contributed by atoms with Crippen LogP contribution in [-0.4, -0.2) is 55.3 Å². The summed E-state index contributed by atoms with van der Waals surface area (Å²) in [6, 6.07) is 14.8. The number of para-hydroxylation sites is 1. The third-order valence-corrected chi connectivity index (χ3v) is 6.49. The van der Waals surface area contributed by atoms with Crippen LogP contribution in [0, 0.1) is 0 Å². The van der Waals surface area contributed by atoms with E-state index in [1.165, 1.54) is 21.3 Å². The van der Waals surface area contributed by atoms with Crippen molar-refractivity contribution >= 4 is 39.4 Å². The number of hydrogen-bond donors (Lipinski definition) is 2. The molecular formula is C29H25N3O6. The molecule has 0 spiro atoms. The zero-order chi connectivity index (χ0) is 26.2. The highest BCUT2D eigenvalue weighted by Crippen LogP contribution is 2.40. The summed E-state index contributed by atoms with van der Waals surface area (Å²) in [6.45, 7) is 0.950. The maximum atomic E-state index is 14.1. The van der Waals surface area contributed by atoms with Crippen molar-refractivity contribution in [1.29, 1.82) is 0 Å². The number of ketones is 1. The molecule has 5 aromatic rings. The zero-order valence-corrected chi connectivity index (χ0v) is 21.1. The number of carbonyl (C=O) groups excluding carboxylic acids is 1. The van der Waals surface area contributed by atoms with Crippen molar-refractivity contribution in [3.8, 4) is 28.7 Å². The van der Waals surface area contributed by atoms with Crippen LogP contribution in [0.1, 0.15) is 21.7 Å². The number of methoxy groups -OCH3 is 3. The van der Waals surface area contributed by atoms with Gasteiger partial charge in [0.15, 0.2) is 28.8 Å². The number of rotatable bonds is 7. The predicted octanol–water partition coefficient (Wildman–Crippen LogP) is 5.26. The topological polar surface area (TPSA) is 108 Å². The van der Waals surface area contributed by atoms with Crippen molar-refractivity contribution in [2.24, 2.45) is 0 Å². The number of aromatic nitrogens is 3. The molecule has 6 rings (SSSR count). The molecule has 2 aromatic heterocycles. The minimum Gasteiger partial charge on any atom is -0.493 e. The van der Waals surface area contributed by atoms with E-state index in [0.29, 0.717) is 64.4 Å². The van der Waals surface area contributed by atoms with Crippen LogP contribution in [0.2, 0.25) is 0 Å². The molecule has 3 aromatic carbocycles. The average Bonchev–Trinajstić information content (AvgIpc) is 3.56. The summed E-state index contributed by atoms with van der Waals surface area (Å²) >= 11 is 0. The molecule has 38 heavy (non-hydrogen) atoms. The van der Waals surface area contributed by atoms with Gasteiger partial charge in [0.25, 0.3) is 0 Å². The van der Waals surface area contributed by atoms with Gasteiger partial charge in [-0.1, -0.05) is 18.2 Å². The van der Waals surface area contributed by atoms with Crippen LogP contribution >= 0.6 is 0 Å². The number of nitrogens with one attached hydrogen (secondary N) is 2. The van der Waals surface area contributed by atoms with E-state index in [-0.39, 0.29) is 5.78 Å². The standard InChI is InChI=1S/C29H25N3O6/c1-34-25-11-16(12-26(35-2)28(25)36-3)27(33)19(10-17-15-30-20-7-5-4-6-18(17)20)29-31-21-13-23-24(14-22(21)32-29)38-9-8-37-23/h4-7,10-15,30H,8-9H2,1-3H3,(H,31,32)/b19-10-. The van der Waals surface area contributed by atoms with Gasteiger partial charge in [0, 0.05) is 40.4 Å². The number of nitrogens with zero attached hydrogens (tertiary/aromatic N) is 1. The summed E-state index contributed by atoms with van der Waals surface area (Å²) in [6.07, 6.45) is 3.70. The summed E-state index contributed by atoms with van der Waals surface area (Å²) in [4.78, 5) is 25.5. The maximum absolute atomic E-state index is 14.1. The molecule has 0 amide bonds. The van der Waals surface area contributed by atoms with Crippen LogP contribution in [0.15, 0.2) is 54.7 Å². The number of ether oxygens (including phenoxy) is 5. The molecule has 9 nitrogen and oxygen atoms in total. The lowest BCUT2D eigenvalue weighted by molar-refractivity contribution is 0.105. The van der Waals surface area contributed by atoms with E-state index in [9.17, 15) is 4.79 Å².